The molecular formula is C17H20FNO2. The molecule has 21 heavy (non-hydrogen) atoms. The van der Waals surface area contributed by atoms with Gasteiger partial charge in [0.1, 0.15) is 5.75 Å². The Balaban J connectivity index is 2.24. The van der Waals surface area contributed by atoms with Gasteiger partial charge in [-0.05, 0) is 49.7 Å². The fourth-order valence-electron chi connectivity index (χ4n) is 2.08. The lowest BCUT2D eigenvalue weighted by Crippen LogP contribution is -2.12. The van der Waals surface area contributed by atoms with Crippen molar-refractivity contribution in [2.75, 3.05) is 13.7 Å². The SMILES string of the molecule is CNC(C)c1ccc(Oc2ccccc2CCO)c(F)c1. The summed E-state index contributed by atoms with van der Waals surface area (Å²) in [6, 6.07) is 12.4. The first-order valence-electron chi connectivity index (χ1n) is 6.99. The Labute approximate surface area is 124 Å². The molecule has 1 atom stereocenters. The number of halogens is 1. The molecule has 0 aromatic heterocycles. The third-order valence-corrected chi connectivity index (χ3v) is 3.46. The van der Waals surface area contributed by atoms with E-state index < -0.39 is 5.82 Å². The van der Waals surface area contributed by atoms with E-state index in [0.717, 1.165) is 11.1 Å². The van der Waals surface area contributed by atoms with Crippen LogP contribution >= 0.6 is 0 Å². The van der Waals surface area contributed by atoms with Crippen molar-refractivity contribution in [3.63, 3.8) is 0 Å². The predicted octanol–water partition coefficient (Wildman–Crippen LogP) is 3.43. The van der Waals surface area contributed by atoms with E-state index in [9.17, 15) is 4.39 Å². The zero-order chi connectivity index (χ0) is 15.2. The maximum absolute atomic E-state index is 14.1. The molecule has 0 aliphatic rings. The van der Waals surface area contributed by atoms with Gasteiger partial charge in [-0.15, -0.1) is 0 Å². The van der Waals surface area contributed by atoms with Gasteiger partial charge in [-0.2, -0.15) is 0 Å². The molecule has 0 saturated carbocycles. The second-order valence-corrected chi connectivity index (χ2v) is 4.88. The zero-order valence-electron chi connectivity index (χ0n) is 12.3. The van der Waals surface area contributed by atoms with Crippen LogP contribution < -0.4 is 10.1 Å². The van der Waals surface area contributed by atoms with Crippen LogP contribution in [0.15, 0.2) is 42.5 Å². The summed E-state index contributed by atoms with van der Waals surface area (Å²) >= 11 is 0. The zero-order valence-corrected chi connectivity index (χ0v) is 12.3. The number of nitrogens with one attached hydrogen (secondary N) is 1. The molecule has 2 rings (SSSR count). The Morgan fingerprint density at radius 3 is 2.62 bits per heavy atom. The molecule has 1 unspecified atom stereocenters. The van der Waals surface area contributed by atoms with Gasteiger partial charge >= 0.3 is 0 Å². The van der Waals surface area contributed by atoms with Crippen LogP contribution in [-0.4, -0.2) is 18.8 Å². The van der Waals surface area contributed by atoms with E-state index in [-0.39, 0.29) is 18.4 Å². The highest BCUT2D eigenvalue weighted by molar-refractivity contribution is 5.39. The molecule has 0 saturated heterocycles. The third kappa shape index (κ3) is 3.80. The lowest BCUT2D eigenvalue weighted by Gasteiger charge is -2.14. The molecule has 112 valence electrons. The minimum atomic E-state index is -0.395. The van der Waals surface area contributed by atoms with Crippen molar-refractivity contribution in [1.29, 1.82) is 0 Å². The quantitative estimate of drug-likeness (QED) is 0.856. The van der Waals surface area contributed by atoms with Gasteiger partial charge < -0.3 is 15.2 Å². The number of ether oxygens (including phenoxy) is 1. The monoisotopic (exact) mass is 289 g/mol. The Morgan fingerprint density at radius 2 is 1.95 bits per heavy atom. The minimum Gasteiger partial charge on any atom is -0.454 e. The average Bonchev–Trinajstić information content (AvgIpc) is 2.50. The standard InChI is InChI=1S/C17H20FNO2/c1-12(19-2)14-7-8-17(15(18)11-14)21-16-6-4-3-5-13(16)9-10-20/h3-8,11-12,19-20H,9-10H2,1-2H3. The Hall–Kier alpha value is -1.91. The first kappa shape index (κ1) is 15.5. The van der Waals surface area contributed by atoms with E-state index in [1.807, 2.05) is 38.2 Å². The van der Waals surface area contributed by atoms with Crippen LogP contribution in [0.1, 0.15) is 24.1 Å². The number of hydrogen-bond donors (Lipinski definition) is 2. The van der Waals surface area contributed by atoms with Crippen LogP contribution in [0.4, 0.5) is 4.39 Å². The third-order valence-electron chi connectivity index (χ3n) is 3.46. The van der Waals surface area contributed by atoms with E-state index in [1.54, 1.807) is 12.1 Å². The van der Waals surface area contributed by atoms with E-state index in [4.69, 9.17) is 9.84 Å². The van der Waals surface area contributed by atoms with Gasteiger partial charge in [0.15, 0.2) is 11.6 Å². The molecular weight excluding hydrogens is 269 g/mol. The number of aliphatic hydroxyl groups excluding tert-OH is 1. The maximum Gasteiger partial charge on any atom is 0.166 e. The normalized spacial score (nSPS) is 12.2. The first-order valence-corrected chi connectivity index (χ1v) is 6.99. The molecule has 0 aliphatic heterocycles. The van der Waals surface area contributed by atoms with Gasteiger partial charge in [0, 0.05) is 12.6 Å². The highest BCUT2D eigenvalue weighted by Gasteiger charge is 2.11. The van der Waals surface area contributed by atoms with Gasteiger partial charge in [-0.25, -0.2) is 4.39 Å². The van der Waals surface area contributed by atoms with E-state index in [0.29, 0.717) is 12.2 Å². The molecule has 2 aromatic carbocycles. The molecule has 0 radical (unpaired) electrons. The lowest BCUT2D eigenvalue weighted by molar-refractivity contribution is 0.297. The smallest absolute Gasteiger partial charge is 0.166 e. The number of aliphatic hydroxyl groups is 1. The summed E-state index contributed by atoms with van der Waals surface area (Å²) in [7, 11) is 1.83. The second-order valence-electron chi connectivity index (χ2n) is 4.88. The average molecular weight is 289 g/mol. The summed E-state index contributed by atoms with van der Waals surface area (Å²) in [5, 5.41) is 12.1. The largest absolute Gasteiger partial charge is 0.454 e. The molecule has 4 heteroatoms. The maximum atomic E-state index is 14.1. The summed E-state index contributed by atoms with van der Waals surface area (Å²) in [5.41, 5.74) is 1.72. The predicted molar refractivity (Wildman–Crippen MR) is 81.2 cm³/mol. The summed E-state index contributed by atoms with van der Waals surface area (Å²) in [5.74, 6) is 0.362. The van der Waals surface area contributed by atoms with Crippen LogP contribution in [-0.2, 0) is 6.42 Å². The van der Waals surface area contributed by atoms with Crippen molar-refractivity contribution in [1.82, 2.24) is 5.32 Å². The molecule has 2 N–H and O–H groups in total. The second kappa shape index (κ2) is 7.20. The molecule has 3 nitrogen and oxygen atoms in total. The van der Waals surface area contributed by atoms with Gasteiger partial charge in [0.25, 0.3) is 0 Å². The first-order chi connectivity index (χ1) is 10.2. The minimum absolute atomic E-state index is 0.0292. The Morgan fingerprint density at radius 1 is 1.19 bits per heavy atom. The topological polar surface area (TPSA) is 41.5 Å². The van der Waals surface area contributed by atoms with Crippen LogP contribution in [0.2, 0.25) is 0 Å². The van der Waals surface area contributed by atoms with E-state index in [1.165, 1.54) is 6.07 Å². The van der Waals surface area contributed by atoms with E-state index in [2.05, 4.69) is 5.32 Å². The van der Waals surface area contributed by atoms with Crippen molar-refractivity contribution in [3.05, 3.63) is 59.4 Å². The van der Waals surface area contributed by atoms with Crippen LogP contribution in [0.3, 0.4) is 0 Å². The summed E-state index contributed by atoms with van der Waals surface area (Å²) < 4.78 is 19.8. The van der Waals surface area contributed by atoms with Gasteiger partial charge in [0.2, 0.25) is 0 Å². The lowest BCUT2D eigenvalue weighted by atomic mass is 10.1. The van der Waals surface area contributed by atoms with Crippen LogP contribution in [0.5, 0.6) is 11.5 Å². The van der Waals surface area contributed by atoms with E-state index >= 15 is 0 Å². The fourth-order valence-corrected chi connectivity index (χ4v) is 2.08. The van der Waals surface area contributed by atoms with Crippen molar-refractivity contribution < 1.29 is 14.2 Å². The van der Waals surface area contributed by atoms with Gasteiger partial charge in [0.05, 0.1) is 0 Å². The van der Waals surface area contributed by atoms with Crippen molar-refractivity contribution in [2.45, 2.75) is 19.4 Å². The molecule has 0 amide bonds. The summed E-state index contributed by atoms with van der Waals surface area (Å²) in [6.07, 6.45) is 0.479. The van der Waals surface area contributed by atoms with Crippen LogP contribution in [0, 0.1) is 5.82 Å². The molecule has 0 bridgehead atoms. The highest BCUT2D eigenvalue weighted by Crippen LogP contribution is 2.29. The Kier molecular flexibility index (Phi) is 5.31. The Bertz CT molecular complexity index is 601. The fraction of sp³-hybridized carbons (Fsp3) is 0.294. The number of rotatable bonds is 6. The van der Waals surface area contributed by atoms with Gasteiger partial charge in [-0.3, -0.25) is 0 Å². The molecule has 0 heterocycles. The van der Waals surface area contributed by atoms with Crippen molar-refractivity contribution >= 4 is 0 Å². The van der Waals surface area contributed by atoms with Crippen molar-refractivity contribution in [3.8, 4) is 11.5 Å². The number of hydrogen-bond acceptors (Lipinski definition) is 3. The van der Waals surface area contributed by atoms with Crippen LogP contribution in [0.25, 0.3) is 0 Å². The number of para-hydroxylation sites is 1. The molecule has 2 aromatic rings. The van der Waals surface area contributed by atoms with Gasteiger partial charge in [-0.1, -0.05) is 24.3 Å². The number of benzene rings is 2. The summed E-state index contributed by atoms with van der Waals surface area (Å²) in [4.78, 5) is 0. The van der Waals surface area contributed by atoms with Crippen molar-refractivity contribution in [2.24, 2.45) is 0 Å². The molecule has 0 aliphatic carbocycles. The molecule has 0 fully saturated rings. The highest BCUT2D eigenvalue weighted by atomic mass is 19.1. The summed E-state index contributed by atoms with van der Waals surface area (Å²) in [6.45, 7) is 1.99. The molecule has 0 spiro atoms.